The Morgan fingerprint density at radius 1 is 1.24 bits per heavy atom. The molecule has 34 heavy (non-hydrogen) atoms. The van der Waals surface area contributed by atoms with Crippen LogP contribution < -0.4 is 5.32 Å². The van der Waals surface area contributed by atoms with Crippen molar-refractivity contribution in [1.82, 2.24) is 25.1 Å². The van der Waals surface area contributed by atoms with Crippen LogP contribution in [0.3, 0.4) is 0 Å². The third kappa shape index (κ3) is 5.31. The highest BCUT2D eigenvalue weighted by molar-refractivity contribution is 5.93. The van der Waals surface area contributed by atoms with Crippen molar-refractivity contribution < 1.29 is 18.0 Å². The number of pyridine rings is 2. The van der Waals surface area contributed by atoms with E-state index in [0.29, 0.717) is 23.2 Å². The number of fused-ring (bicyclic) bond motifs is 1. The molecule has 0 aromatic carbocycles. The third-order valence-corrected chi connectivity index (χ3v) is 5.31. The van der Waals surface area contributed by atoms with E-state index < -0.39 is 18.1 Å². The monoisotopic (exact) mass is 466 g/mol. The van der Waals surface area contributed by atoms with Gasteiger partial charge < -0.3 is 5.32 Å². The number of halogens is 3. The number of allylic oxidation sites excluding steroid dienone is 1. The maximum atomic E-state index is 12.6. The highest BCUT2D eigenvalue weighted by Gasteiger charge is 2.29. The summed E-state index contributed by atoms with van der Waals surface area (Å²) in [5, 5.41) is 15.6. The molecule has 3 aromatic heterocycles. The zero-order chi connectivity index (χ0) is 24.5. The first-order chi connectivity index (χ1) is 16.0. The molecule has 0 spiro atoms. The van der Waals surface area contributed by atoms with Crippen molar-refractivity contribution in [1.29, 1.82) is 5.26 Å². The van der Waals surface area contributed by atoms with Gasteiger partial charge in [0.15, 0.2) is 0 Å². The highest BCUT2D eigenvalue weighted by Crippen LogP contribution is 2.32. The number of nitrogens with one attached hydrogen (secondary N) is 1. The first kappa shape index (κ1) is 23.2. The standard InChI is InChI=1S/C24H21F3N6O/c1-23(2,12-28)13-30-22(34)20-5-3-4-19(32-20)17-7-16-6-15(8-21(16)29-9-17)18-10-31-33(11-18)14-24(25,26)27/h3-7,9-11H,8,13-14H2,1-2H3,(H,30,34). The Labute approximate surface area is 194 Å². The van der Waals surface area contributed by atoms with Crippen LogP contribution in [0.5, 0.6) is 0 Å². The number of hydrogen-bond acceptors (Lipinski definition) is 5. The lowest BCUT2D eigenvalue weighted by atomic mass is 9.96. The van der Waals surface area contributed by atoms with Crippen LogP contribution in [-0.2, 0) is 13.0 Å². The van der Waals surface area contributed by atoms with E-state index in [-0.39, 0.29) is 18.1 Å². The largest absolute Gasteiger partial charge is 0.408 e. The normalized spacial score (nSPS) is 13.2. The molecule has 1 aliphatic rings. The molecule has 10 heteroatoms. The summed E-state index contributed by atoms with van der Waals surface area (Å²) in [7, 11) is 0. The summed E-state index contributed by atoms with van der Waals surface area (Å²) in [4.78, 5) is 21.4. The first-order valence-electron chi connectivity index (χ1n) is 10.5. The number of rotatable bonds is 6. The number of nitriles is 1. The number of carbonyl (C=O) groups excluding carboxylic acids is 1. The van der Waals surface area contributed by atoms with Gasteiger partial charge in [-0.05, 0) is 49.3 Å². The van der Waals surface area contributed by atoms with Crippen LogP contribution in [-0.4, -0.2) is 38.4 Å². The summed E-state index contributed by atoms with van der Waals surface area (Å²) in [5.41, 5.74) is 3.87. The molecule has 0 fully saturated rings. The number of alkyl halides is 3. The van der Waals surface area contributed by atoms with Crippen LogP contribution in [0.4, 0.5) is 13.2 Å². The van der Waals surface area contributed by atoms with Crippen molar-refractivity contribution in [3.8, 4) is 17.3 Å². The molecule has 3 aromatic rings. The number of carbonyl (C=O) groups is 1. The number of aromatic nitrogens is 4. The Hall–Kier alpha value is -4.00. The lowest BCUT2D eigenvalue weighted by Gasteiger charge is -2.15. The molecule has 174 valence electrons. The first-order valence-corrected chi connectivity index (χ1v) is 10.5. The molecule has 7 nitrogen and oxygen atoms in total. The van der Waals surface area contributed by atoms with Gasteiger partial charge >= 0.3 is 6.18 Å². The number of amides is 1. The van der Waals surface area contributed by atoms with Gasteiger partial charge in [0.25, 0.3) is 5.91 Å². The van der Waals surface area contributed by atoms with Crippen LogP contribution in [0, 0.1) is 16.7 Å². The molecule has 3 heterocycles. The van der Waals surface area contributed by atoms with E-state index >= 15 is 0 Å². The second-order valence-electron chi connectivity index (χ2n) is 8.73. The quantitative estimate of drug-likeness (QED) is 0.585. The number of hydrogen-bond donors (Lipinski definition) is 1. The van der Waals surface area contributed by atoms with E-state index in [1.165, 1.54) is 12.4 Å². The molecule has 0 radical (unpaired) electrons. The average Bonchev–Trinajstić information content (AvgIpc) is 3.42. The maximum Gasteiger partial charge on any atom is 0.408 e. The van der Waals surface area contributed by atoms with Gasteiger partial charge in [-0.25, -0.2) is 4.98 Å². The SMILES string of the molecule is CC(C)(C#N)CNC(=O)c1cccc(-c2cnc3c(c2)C=C(c2cnn(CC(F)(F)F)c2)C3)n1. The summed E-state index contributed by atoms with van der Waals surface area (Å²) in [6, 6.07) is 9.09. The molecule has 0 saturated carbocycles. The van der Waals surface area contributed by atoms with Crippen molar-refractivity contribution in [2.24, 2.45) is 5.41 Å². The minimum atomic E-state index is -4.34. The lowest BCUT2D eigenvalue weighted by molar-refractivity contribution is -0.142. The summed E-state index contributed by atoms with van der Waals surface area (Å²) >= 11 is 0. The topological polar surface area (TPSA) is 96.5 Å². The minimum absolute atomic E-state index is 0.196. The maximum absolute atomic E-state index is 12.6. The van der Waals surface area contributed by atoms with E-state index in [0.717, 1.165) is 21.5 Å². The summed E-state index contributed by atoms with van der Waals surface area (Å²) in [5.74, 6) is -0.377. The molecule has 0 saturated heterocycles. The Bertz CT molecular complexity index is 1320. The summed E-state index contributed by atoms with van der Waals surface area (Å²) < 4.78 is 38.7. The van der Waals surface area contributed by atoms with Crippen LogP contribution in [0.15, 0.2) is 42.9 Å². The van der Waals surface area contributed by atoms with Crippen molar-refractivity contribution in [3.63, 3.8) is 0 Å². The van der Waals surface area contributed by atoms with Gasteiger partial charge in [0, 0.05) is 36.5 Å². The molecule has 0 bridgehead atoms. The van der Waals surface area contributed by atoms with Gasteiger partial charge in [-0.2, -0.15) is 23.5 Å². The molecule has 0 atom stereocenters. The Morgan fingerprint density at radius 2 is 2.03 bits per heavy atom. The van der Waals surface area contributed by atoms with Crippen LogP contribution in [0.25, 0.3) is 22.9 Å². The van der Waals surface area contributed by atoms with E-state index in [1.807, 2.05) is 12.1 Å². The predicted molar refractivity (Wildman–Crippen MR) is 119 cm³/mol. The Balaban J connectivity index is 1.53. The van der Waals surface area contributed by atoms with Crippen molar-refractivity contribution in [2.75, 3.05) is 6.54 Å². The Morgan fingerprint density at radius 3 is 2.76 bits per heavy atom. The molecule has 0 aliphatic heterocycles. The fourth-order valence-corrected chi connectivity index (χ4v) is 3.48. The van der Waals surface area contributed by atoms with Gasteiger partial charge in [-0.1, -0.05) is 6.07 Å². The van der Waals surface area contributed by atoms with Gasteiger partial charge in [0.05, 0.1) is 29.1 Å². The van der Waals surface area contributed by atoms with Crippen LogP contribution >= 0.6 is 0 Å². The smallest absolute Gasteiger partial charge is 0.349 e. The molecular formula is C24H21F3N6O. The van der Waals surface area contributed by atoms with E-state index in [4.69, 9.17) is 5.26 Å². The van der Waals surface area contributed by atoms with Gasteiger partial charge in [0.1, 0.15) is 12.2 Å². The fraction of sp³-hybridized carbons (Fsp3) is 0.292. The van der Waals surface area contributed by atoms with Crippen LogP contribution in [0.2, 0.25) is 0 Å². The summed E-state index contributed by atoms with van der Waals surface area (Å²) in [6.45, 7) is 2.52. The highest BCUT2D eigenvalue weighted by atomic mass is 19.4. The molecular weight excluding hydrogens is 445 g/mol. The molecule has 1 N–H and O–H groups in total. The van der Waals surface area contributed by atoms with Crippen molar-refractivity contribution in [2.45, 2.75) is 33.0 Å². The van der Waals surface area contributed by atoms with E-state index in [2.05, 4.69) is 26.5 Å². The molecule has 4 rings (SSSR count). The van der Waals surface area contributed by atoms with Gasteiger partial charge in [-0.15, -0.1) is 0 Å². The fourth-order valence-electron chi connectivity index (χ4n) is 3.48. The molecule has 1 aliphatic carbocycles. The van der Waals surface area contributed by atoms with E-state index in [9.17, 15) is 18.0 Å². The second kappa shape index (κ2) is 8.74. The zero-order valence-electron chi connectivity index (χ0n) is 18.5. The average molecular weight is 466 g/mol. The van der Waals surface area contributed by atoms with Gasteiger partial charge in [0.2, 0.25) is 0 Å². The minimum Gasteiger partial charge on any atom is -0.349 e. The van der Waals surface area contributed by atoms with Gasteiger partial charge in [-0.3, -0.25) is 14.5 Å². The molecule has 1 amide bonds. The number of nitrogens with zero attached hydrogens (tertiary/aromatic N) is 5. The predicted octanol–water partition coefficient (Wildman–Crippen LogP) is 4.28. The van der Waals surface area contributed by atoms with E-state index in [1.54, 1.807) is 38.2 Å². The third-order valence-electron chi connectivity index (χ3n) is 5.31. The molecule has 0 unspecified atom stereocenters. The van der Waals surface area contributed by atoms with Crippen LogP contribution in [0.1, 0.15) is 41.2 Å². The van der Waals surface area contributed by atoms with Crippen molar-refractivity contribution in [3.05, 3.63) is 65.4 Å². The second-order valence-corrected chi connectivity index (χ2v) is 8.73. The van der Waals surface area contributed by atoms with Crippen molar-refractivity contribution >= 4 is 17.6 Å². The lowest BCUT2D eigenvalue weighted by Crippen LogP contribution is -2.33. The summed E-state index contributed by atoms with van der Waals surface area (Å²) in [6.07, 6.45) is 2.48. The zero-order valence-corrected chi connectivity index (χ0v) is 18.5. The Kier molecular flexibility index (Phi) is 5.96.